The number of carbonyl (C=O) groups excluding carboxylic acids is 1. The Labute approximate surface area is 211 Å². The van der Waals surface area contributed by atoms with Gasteiger partial charge in [0.2, 0.25) is 0 Å². The first-order valence-corrected chi connectivity index (χ1v) is 12.3. The molecule has 0 bridgehead atoms. The van der Waals surface area contributed by atoms with Crippen molar-refractivity contribution in [2.24, 2.45) is 4.99 Å². The number of carbonyl (C=O) groups is 1. The number of thiophene rings is 1. The lowest BCUT2D eigenvalue weighted by atomic mass is 10.0. The van der Waals surface area contributed by atoms with E-state index in [2.05, 4.69) is 33.8 Å². The summed E-state index contributed by atoms with van der Waals surface area (Å²) in [6.07, 6.45) is 0.901. The molecule has 2 amide bonds. The third-order valence-electron chi connectivity index (χ3n) is 5.63. The lowest BCUT2D eigenvalue weighted by Gasteiger charge is -2.12. The van der Waals surface area contributed by atoms with Crippen LogP contribution in [0, 0.1) is 0 Å². The molecule has 0 aliphatic carbocycles. The second kappa shape index (κ2) is 9.89. The summed E-state index contributed by atoms with van der Waals surface area (Å²) in [6, 6.07) is 16.7. The molecule has 10 heteroatoms. The first-order chi connectivity index (χ1) is 17.1. The number of aliphatic imine (C=N–C) groups is 1. The van der Waals surface area contributed by atoms with Crippen molar-refractivity contribution in [3.63, 3.8) is 0 Å². The SMILES string of the molecule is CCc1cc2c(s1)-n1c(nnc1CNC(=O)Nc1ccccc1OC)CN=C2c1ccc(Cl)cc1. The lowest BCUT2D eigenvalue weighted by molar-refractivity contribution is 0.251. The molecule has 0 saturated heterocycles. The topological polar surface area (TPSA) is 93.4 Å². The van der Waals surface area contributed by atoms with E-state index in [0.29, 0.717) is 28.8 Å². The summed E-state index contributed by atoms with van der Waals surface area (Å²) in [5, 5.41) is 16.1. The molecule has 4 aromatic rings. The molecule has 1 aliphatic heterocycles. The average molecular weight is 507 g/mol. The molecule has 0 atom stereocenters. The van der Waals surface area contributed by atoms with Crippen LogP contribution in [0.15, 0.2) is 59.6 Å². The molecule has 2 N–H and O–H groups in total. The van der Waals surface area contributed by atoms with Crippen molar-refractivity contribution in [2.75, 3.05) is 12.4 Å². The first kappa shape index (κ1) is 23.1. The second-order valence-electron chi connectivity index (χ2n) is 7.83. The number of aryl methyl sites for hydroxylation is 1. The largest absolute Gasteiger partial charge is 0.495 e. The number of benzene rings is 2. The van der Waals surface area contributed by atoms with Crippen LogP contribution in [0.3, 0.4) is 0 Å². The van der Waals surface area contributed by atoms with Crippen molar-refractivity contribution in [3.05, 3.63) is 87.3 Å². The van der Waals surface area contributed by atoms with Gasteiger partial charge in [-0.3, -0.25) is 9.56 Å². The number of hydrogen-bond acceptors (Lipinski definition) is 6. The monoisotopic (exact) mass is 506 g/mol. The van der Waals surface area contributed by atoms with E-state index in [4.69, 9.17) is 21.3 Å². The Morgan fingerprint density at radius 1 is 1.17 bits per heavy atom. The number of hydrogen-bond donors (Lipinski definition) is 2. The number of aromatic nitrogens is 3. The predicted molar refractivity (Wildman–Crippen MR) is 138 cm³/mol. The van der Waals surface area contributed by atoms with Crippen molar-refractivity contribution in [3.8, 4) is 10.8 Å². The lowest BCUT2D eigenvalue weighted by Crippen LogP contribution is -2.29. The Morgan fingerprint density at radius 3 is 2.74 bits per heavy atom. The van der Waals surface area contributed by atoms with Crippen LogP contribution in [-0.4, -0.2) is 33.6 Å². The Balaban J connectivity index is 1.43. The fourth-order valence-electron chi connectivity index (χ4n) is 3.91. The van der Waals surface area contributed by atoms with Crippen LogP contribution >= 0.6 is 22.9 Å². The van der Waals surface area contributed by atoms with Gasteiger partial charge in [0.15, 0.2) is 11.6 Å². The number of rotatable bonds is 6. The number of fused-ring (bicyclic) bond motifs is 3. The van der Waals surface area contributed by atoms with Crippen LogP contribution in [0.25, 0.3) is 5.00 Å². The Morgan fingerprint density at radius 2 is 1.97 bits per heavy atom. The van der Waals surface area contributed by atoms with Gasteiger partial charge in [-0.05, 0) is 36.8 Å². The fourth-order valence-corrected chi connectivity index (χ4v) is 5.17. The highest BCUT2D eigenvalue weighted by molar-refractivity contribution is 7.15. The van der Waals surface area contributed by atoms with Crippen molar-refractivity contribution >= 4 is 40.4 Å². The zero-order valence-corrected chi connectivity index (χ0v) is 20.8. The number of amides is 2. The quantitative estimate of drug-likeness (QED) is 0.374. The van der Waals surface area contributed by atoms with Gasteiger partial charge in [-0.25, -0.2) is 4.79 Å². The Hall–Kier alpha value is -3.69. The zero-order valence-electron chi connectivity index (χ0n) is 19.2. The minimum absolute atomic E-state index is 0.197. The van der Waals surface area contributed by atoms with Gasteiger partial charge in [-0.1, -0.05) is 42.8 Å². The van der Waals surface area contributed by atoms with E-state index < -0.39 is 0 Å². The van der Waals surface area contributed by atoms with E-state index in [0.717, 1.165) is 34.1 Å². The molecular weight excluding hydrogens is 484 g/mol. The summed E-state index contributed by atoms with van der Waals surface area (Å²) >= 11 is 7.79. The number of ether oxygens (including phenoxy) is 1. The first-order valence-electron chi connectivity index (χ1n) is 11.1. The molecule has 1 aliphatic rings. The van der Waals surface area contributed by atoms with Crippen molar-refractivity contribution in [1.82, 2.24) is 20.1 Å². The minimum Gasteiger partial charge on any atom is -0.495 e. The molecule has 0 radical (unpaired) electrons. The molecule has 35 heavy (non-hydrogen) atoms. The molecule has 2 aromatic carbocycles. The van der Waals surface area contributed by atoms with Gasteiger partial charge >= 0.3 is 6.03 Å². The van der Waals surface area contributed by atoms with Gasteiger partial charge in [0.25, 0.3) is 0 Å². The number of methoxy groups -OCH3 is 1. The standard InChI is InChI=1S/C25H23ClN6O2S/c1-3-17-12-18-23(15-8-10-16(26)11-9-15)27-13-21-30-31-22(32(21)24(18)35-17)14-28-25(33)29-19-6-4-5-7-20(19)34-2/h4-12H,3,13-14H2,1-2H3,(H2,28,29,33). The number of anilines is 1. The summed E-state index contributed by atoms with van der Waals surface area (Å²) in [6.45, 7) is 2.70. The summed E-state index contributed by atoms with van der Waals surface area (Å²) in [5.74, 6) is 1.94. The molecule has 0 unspecified atom stereocenters. The van der Waals surface area contributed by atoms with E-state index in [1.54, 1.807) is 30.6 Å². The van der Waals surface area contributed by atoms with E-state index in [9.17, 15) is 4.79 Å². The summed E-state index contributed by atoms with van der Waals surface area (Å²) in [5.41, 5.74) is 3.49. The summed E-state index contributed by atoms with van der Waals surface area (Å²) in [7, 11) is 1.56. The predicted octanol–water partition coefficient (Wildman–Crippen LogP) is 5.23. The van der Waals surface area contributed by atoms with E-state index >= 15 is 0 Å². The highest BCUT2D eigenvalue weighted by Crippen LogP contribution is 2.33. The van der Waals surface area contributed by atoms with Crippen LogP contribution in [-0.2, 0) is 19.5 Å². The second-order valence-corrected chi connectivity index (χ2v) is 9.38. The minimum atomic E-state index is -0.362. The molecule has 2 aromatic heterocycles. The van der Waals surface area contributed by atoms with E-state index in [-0.39, 0.29) is 12.6 Å². The smallest absolute Gasteiger partial charge is 0.319 e. The molecule has 0 saturated carbocycles. The summed E-state index contributed by atoms with van der Waals surface area (Å²) < 4.78 is 7.31. The fraction of sp³-hybridized carbons (Fsp3) is 0.200. The Kier molecular flexibility index (Phi) is 6.52. The van der Waals surface area contributed by atoms with Crippen molar-refractivity contribution < 1.29 is 9.53 Å². The van der Waals surface area contributed by atoms with Crippen LogP contribution < -0.4 is 15.4 Å². The third kappa shape index (κ3) is 4.65. The van der Waals surface area contributed by atoms with Gasteiger partial charge < -0.3 is 15.4 Å². The van der Waals surface area contributed by atoms with Crippen molar-refractivity contribution in [2.45, 2.75) is 26.4 Å². The Bertz CT molecular complexity index is 1410. The molecular formula is C25H23ClN6O2S. The normalized spacial score (nSPS) is 12.3. The molecule has 5 rings (SSSR count). The molecule has 178 valence electrons. The van der Waals surface area contributed by atoms with Gasteiger partial charge in [0, 0.05) is 21.0 Å². The third-order valence-corrected chi connectivity index (χ3v) is 7.14. The van der Waals surface area contributed by atoms with Gasteiger partial charge in [-0.15, -0.1) is 21.5 Å². The maximum Gasteiger partial charge on any atom is 0.319 e. The average Bonchev–Trinajstić information content (AvgIpc) is 3.44. The highest BCUT2D eigenvalue weighted by atomic mass is 35.5. The highest BCUT2D eigenvalue weighted by Gasteiger charge is 2.25. The number of urea groups is 1. The zero-order chi connectivity index (χ0) is 24.4. The van der Waals surface area contributed by atoms with Crippen LogP contribution in [0.4, 0.5) is 10.5 Å². The van der Waals surface area contributed by atoms with E-state index in [1.807, 2.05) is 41.0 Å². The van der Waals surface area contributed by atoms with Crippen molar-refractivity contribution in [1.29, 1.82) is 0 Å². The number of nitrogens with zero attached hydrogens (tertiary/aromatic N) is 4. The molecule has 0 spiro atoms. The van der Waals surface area contributed by atoms with Gasteiger partial charge in [0.05, 0.1) is 25.1 Å². The molecule has 8 nitrogen and oxygen atoms in total. The molecule has 0 fully saturated rings. The van der Waals surface area contributed by atoms with Gasteiger partial charge in [-0.2, -0.15) is 0 Å². The van der Waals surface area contributed by atoms with E-state index in [1.165, 1.54) is 4.88 Å². The number of halogens is 1. The summed E-state index contributed by atoms with van der Waals surface area (Å²) in [4.78, 5) is 18.7. The number of nitrogens with one attached hydrogen (secondary N) is 2. The maximum atomic E-state index is 12.6. The number of para-hydroxylation sites is 2. The van der Waals surface area contributed by atoms with Gasteiger partial charge in [0.1, 0.15) is 17.3 Å². The van der Waals surface area contributed by atoms with Crippen LogP contribution in [0.2, 0.25) is 5.02 Å². The van der Waals surface area contributed by atoms with Crippen LogP contribution in [0.5, 0.6) is 5.75 Å². The van der Waals surface area contributed by atoms with Crippen LogP contribution in [0.1, 0.15) is 34.6 Å². The molecule has 3 heterocycles. The maximum absolute atomic E-state index is 12.6.